The fourth-order valence-electron chi connectivity index (χ4n) is 3.79. The Bertz CT molecular complexity index is 1130. The van der Waals surface area contributed by atoms with E-state index < -0.39 is 6.61 Å². The lowest BCUT2D eigenvalue weighted by atomic mass is 9.99. The van der Waals surface area contributed by atoms with E-state index in [1.807, 2.05) is 41.9 Å². The molecule has 0 unspecified atom stereocenters. The van der Waals surface area contributed by atoms with Crippen LogP contribution in [0.3, 0.4) is 0 Å². The summed E-state index contributed by atoms with van der Waals surface area (Å²) in [6.07, 6.45) is 6.88. The number of pyridine rings is 1. The first-order chi connectivity index (χ1) is 15.9. The molecule has 3 aromatic rings. The number of halogens is 2. The quantitative estimate of drug-likeness (QED) is 0.511. The summed E-state index contributed by atoms with van der Waals surface area (Å²) in [6, 6.07) is 10.2. The van der Waals surface area contributed by atoms with Crippen LogP contribution in [0.2, 0.25) is 0 Å². The van der Waals surface area contributed by atoms with Crippen molar-refractivity contribution in [2.45, 2.75) is 19.7 Å². The van der Waals surface area contributed by atoms with Gasteiger partial charge in [0.15, 0.2) is 0 Å². The Morgan fingerprint density at radius 2 is 1.85 bits per heavy atom. The van der Waals surface area contributed by atoms with E-state index in [9.17, 15) is 13.6 Å². The summed E-state index contributed by atoms with van der Waals surface area (Å²) in [5.41, 5.74) is 4.23. The minimum Gasteiger partial charge on any atom is -0.435 e. The molecule has 1 aliphatic heterocycles. The third kappa shape index (κ3) is 5.25. The molecular formula is C24H25F2N5O2. The van der Waals surface area contributed by atoms with Crippen molar-refractivity contribution in [3.05, 3.63) is 66.6 Å². The summed E-state index contributed by atoms with van der Waals surface area (Å²) in [6.45, 7) is -0.653. The number of aromatic nitrogens is 3. The number of carbonyl (C=O) groups excluding carboxylic acids is 1. The van der Waals surface area contributed by atoms with Gasteiger partial charge < -0.3 is 14.5 Å². The molecule has 0 fully saturated rings. The highest BCUT2D eigenvalue weighted by Gasteiger charge is 2.27. The number of rotatable bonds is 7. The van der Waals surface area contributed by atoms with Crippen LogP contribution in [0.25, 0.3) is 22.4 Å². The number of hydrogen-bond acceptors (Lipinski definition) is 5. The lowest BCUT2D eigenvalue weighted by Gasteiger charge is -2.27. The van der Waals surface area contributed by atoms with Gasteiger partial charge in [-0.1, -0.05) is 6.08 Å². The molecule has 1 aromatic carbocycles. The number of fused-ring (bicyclic) bond motifs is 1. The molecule has 1 amide bonds. The number of likely N-dealkylation sites (N-methyl/N-ethyl adjacent to an activating group) is 1. The second-order valence-electron chi connectivity index (χ2n) is 7.96. The summed E-state index contributed by atoms with van der Waals surface area (Å²) < 4.78 is 31.4. The van der Waals surface area contributed by atoms with Crippen LogP contribution in [0.1, 0.15) is 5.69 Å². The van der Waals surface area contributed by atoms with Gasteiger partial charge in [0.2, 0.25) is 5.91 Å². The van der Waals surface area contributed by atoms with E-state index in [1.165, 1.54) is 12.1 Å². The lowest BCUT2D eigenvalue weighted by Crippen LogP contribution is -2.37. The monoisotopic (exact) mass is 453 g/mol. The van der Waals surface area contributed by atoms with Crippen LogP contribution >= 0.6 is 0 Å². The third-order valence-corrected chi connectivity index (χ3v) is 5.34. The molecule has 0 radical (unpaired) electrons. The Balaban J connectivity index is 1.69. The summed E-state index contributed by atoms with van der Waals surface area (Å²) in [4.78, 5) is 20.6. The standard InChI is InChI=1S/C24H25F2N5O2/c1-29(2)13-3-4-21(32)30-14-15-31-20(16-30)22(17-9-11-27-12-10-17)23(28-31)18-5-7-19(8-6-18)33-24(25)26/h3-12,24H,13-16H2,1-2H3/b4-3+. The maximum Gasteiger partial charge on any atom is 0.387 e. The van der Waals surface area contributed by atoms with Crippen molar-refractivity contribution in [1.29, 1.82) is 0 Å². The molecule has 0 aliphatic carbocycles. The summed E-state index contributed by atoms with van der Waals surface area (Å²) in [5, 5.41) is 4.81. The maximum atomic E-state index is 12.7. The molecular weight excluding hydrogens is 428 g/mol. The van der Waals surface area contributed by atoms with Gasteiger partial charge in [0.05, 0.1) is 18.8 Å². The number of benzene rings is 1. The summed E-state index contributed by atoms with van der Waals surface area (Å²) in [7, 11) is 3.89. The van der Waals surface area contributed by atoms with E-state index in [1.54, 1.807) is 35.5 Å². The van der Waals surface area contributed by atoms with Gasteiger partial charge in [-0.2, -0.15) is 13.9 Å². The molecule has 0 bridgehead atoms. The number of alkyl halides is 2. The van der Waals surface area contributed by atoms with Crippen molar-refractivity contribution in [3.8, 4) is 28.1 Å². The molecule has 1 aliphatic rings. The van der Waals surface area contributed by atoms with Crippen LogP contribution in [0, 0.1) is 0 Å². The number of carbonyl (C=O) groups is 1. The topological polar surface area (TPSA) is 63.5 Å². The molecule has 7 nitrogen and oxygen atoms in total. The van der Waals surface area contributed by atoms with Crippen molar-refractivity contribution in [2.24, 2.45) is 0 Å². The predicted octanol–water partition coefficient (Wildman–Crippen LogP) is 3.67. The first-order valence-electron chi connectivity index (χ1n) is 10.6. The van der Waals surface area contributed by atoms with E-state index in [4.69, 9.17) is 5.10 Å². The fourth-order valence-corrected chi connectivity index (χ4v) is 3.79. The first-order valence-corrected chi connectivity index (χ1v) is 10.6. The smallest absolute Gasteiger partial charge is 0.387 e. The molecule has 0 atom stereocenters. The molecule has 9 heteroatoms. The van der Waals surface area contributed by atoms with E-state index in [-0.39, 0.29) is 11.7 Å². The normalized spacial score (nSPS) is 13.7. The first kappa shape index (κ1) is 22.6. The van der Waals surface area contributed by atoms with Crippen LogP contribution in [-0.2, 0) is 17.9 Å². The molecule has 0 saturated heterocycles. The SMILES string of the molecule is CN(C)C/C=C/C(=O)N1CCn2nc(-c3ccc(OC(F)F)cc3)c(-c3ccncc3)c2C1. The van der Waals surface area contributed by atoms with Gasteiger partial charge in [-0.3, -0.25) is 14.5 Å². The largest absolute Gasteiger partial charge is 0.435 e. The molecule has 3 heterocycles. The second kappa shape index (κ2) is 9.91. The Kier molecular flexibility index (Phi) is 6.79. The summed E-state index contributed by atoms with van der Waals surface area (Å²) >= 11 is 0. The van der Waals surface area contributed by atoms with Gasteiger partial charge in [-0.15, -0.1) is 0 Å². The van der Waals surface area contributed by atoms with Crippen molar-refractivity contribution in [2.75, 3.05) is 27.2 Å². The number of ether oxygens (including phenoxy) is 1. The van der Waals surface area contributed by atoms with Gasteiger partial charge in [-0.25, -0.2) is 0 Å². The van der Waals surface area contributed by atoms with Crippen LogP contribution in [0.5, 0.6) is 5.75 Å². The molecule has 0 N–H and O–H groups in total. The highest BCUT2D eigenvalue weighted by Crippen LogP contribution is 2.37. The summed E-state index contributed by atoms with van der Waals surface area (Å²) in [5.74, 6) is 0.0458. The van der Waals surface area contributed by atoms with Crippen molar-refractivity contribution in [1.82, 2.24) is 24.6 Å². The molecule has 33 heavy (non-hydrogen) atoms. The highest BCUT2D eigenvalue weighted by atomic mass is 19.3. The Labute approximate surface area is 190 Å². The van der Waals surface area contributed by atoms with E-state index in [2.05, 4.69) is 9.72 Å². The maximum absolute atomic E-state index is 12.7. The Hall–Kier alpha value is -3.59. The molecule has 4 rings (SSSR count). The Morgan fingerprint density at radius 1 is 1.12 bits per heavy atom. The minimum absolute atomic E-state index is 0.0416. The molecule has 0 spiro atoms. The zero-order valence-electron chi connectivity index (χ0n) is 18.5. The zero-order chi connectivity index (χ0) is 23.4. The van der Waals surface area contributed by atoms with Gasteiger partial charge in [0.25, 0.3) is 0 Å². The zero-order valence-corrected chi connectivity index (χ0v) is 18.5. The van der Waals surface area contributed by atoms with Crippen LogP contribution in [0.15, 0.2) is 60.9 Å². The van der Waals surface area contributed by atoms with Gasteiger partial charge >= 0.3 is 6.61 Å². The van der Waals surface area contributed by atoms with Crippen LogP contribution in [-0.4, -0.2) is 64.3 Å². The van der Waals surface area contributed by atoms with Gasteiger partial charge in [0, 0.05) is 42.7 Å². The second-order valence-corrected chi connectivity index (χ2v) is 7.96. The van der Waals surface area contributed by atoms with E-state index >= 15 is 0 Å². The molecule has 0 saturated carbocycles. The van der Waals surface area contributed by atoms with Crippen LogP contribution < -0.4 is 4.74 Å². The van der Waals surface area contributed by atoms with E-state index in [0.717, 1.165) is 28.1 Å². The van der Waals surface area contributed by atoms with Crippen molar-refractivity contribution >= 4 is 5.91 Å². The van der Waals surface area contributed by atoms with Crippen LogP contribution in [0.4, 0.5) is 8.78 Å². The fraction of sp³-hybridized carbons (Fsp3) is 0.292. The van der Waals surface area contributed by atoms with E-state index in [0.29, 0.717) is 26.2 Å². The van der Waals surface area contributed by atoms with Crippen molar-refractivity contribution < 1.29 is 18.3 Å². The van der Waals surface area contributed by atoms with Gasteiger partial charge in [0.1, 0.15) is 11.4 Å². The minimum atomic E-state index is -2.88. The molecule has 172 valence electrons. The average Bonchev–Trinajstić information content (AvgIpc) is 3.18. The lowest BCUT2D eigenvalue weighted by molar-refractivity contribution is -0.127. The average molecular weight is 453 g/mol. The number of amides is 1. The predicted molar refractivity (Wildman–Crippen MR) is 121 cm³/mol. The van der Waals surface area contributed by atoms with Gasteiger partial charge in [-0.05, 0) is 56.1 Å². The highest BCUT2D eigenvalue weighted by molar-refractivity contribution is 5.88. The van der Waals surface area contributed by atoms with Crippen molar-refractivity contribution in [3.63, 3.8) is 0 Å². The number of nitrogens with zero attached hydrogens (tertiary/aromatic N) is 5. The number of hydrogen-bond donors (Lipinski definition) is 0. The third-order valence-electron chi connectivity index (χ3n) is 5.34. The molecule has 2 aromatic heterocycles. The Morgan fingerprint density at radius 3 is 2.52 bits per heavy atom.